The van der Waals surface area contributed by atoms with E-state index in [-0.39, 0.29) is 11.5 Å². The molecule has 0 N–H and O–H groups in total. The van der Waals surface area contributed by atoms with Crippen molar-refractivity contribution in [3.05, 3.63) is 77.5 Å². The highest BCUT2D eigenvalue weighted by Crippen LogP contribution is 2.63. The molecule has 130 valence electrons. The molecule has 1 heterocycles. The van der Waals surface area contributed by atoms with E-state index in [1.807, 2.05) is 26.0 Å². The molecule has 0 aromatic heterocycles. The Morgan fingerprint density at radius 2 is 1.52 bits per heavy atom. The van der Waals surface area contributed by atoms with Crippen molar-refractivity contribution in [2.45, 2.75) is 38.1 Å². The van der Waals surface area contributed by atoms with Gasteiger partial charge in [0.25, 0.3) is 10.0 Å². The molecule has 0 radical (unpaired) electrons. The monoisotopic (exact) mass is 353 g/mol. The summed E-state index contributed by atoms with van der Waals surface area (Å²) in [5.74, 6) is 0.334. The number of nitrogens with zero attached hydrogens (tertiary/aromatic N) is 1. The molecule has 1 saturated carbocycles. The van der Waals surface area contributed by atoms with Gasteiger partial charge in [0.1, 0.15) is 0 Å². The molecule has 4 rings (SSSR count). The summed E-state index contributed by atoms with van der Waals surface area (Å²) >= 11 is 0. The maximum Gasteiger partial charge on any atom is 0.264 e. The van der Waals surface area contributed by atoms with Gasteiger partial charge in [-0.25, -0.2) is 8.42 Å². The van der Waals surface area contributed by atoms with Crippen molar-refractivity contribution in [2.24, 2.45) is 11.3 Å². The number of rotatable bonds is 3. The molecule has 2 aromatic rings. The number of hydrogen-bond donors (Lipinski definition) is 0. The largest absolute Gasteiger partial charge is 0.266 e. The lowest BCUT2D eigenvalue weighted by Crippen LogP contribution is -2.35. The van der Waals surface area contributed by atoms with Crippen molar-refractivity contribution in [2.75, 3.05) is 0 Å². The minimum absolute atomic E-state index is 0.120. The minimum atomic E-state index is -3.57. The number of sulfonamides is 1. The second-order valence-electron chi connectivity index (χ2n) is 7.64. The van der Waals surface area contributed by atoms with Gasteiger partial charge >= 0.3 is 0 Å². The quantitative estimate of drug-likeness (QED) is 0.809. The first-order valence-corrected chi connectivity index (χ1v) is 10.1. The summed E-state index contributed by atoms with van der Waals surface area (Å²) in [6.45, 7) is 6.22. The zero-order chi connectivity index (χ0) is 17.8. The van der Waals surface area contributed by atoms with Gasteiger partial charge in [0.05, 0.1) is 10.9 Å². The molecule has 4 heteroatoms. The van der Waals surface area contributed by atoms with Crippen LogP contribution in [-0.4, -0.2) is 12.7 Å². The average molecular weight is 353 g/mol. The van der Waals surface area contributed by atoms with Crippen LogP contribution in [0.5, 0.6) is 0 Å². The maximum atomic E-state index is 13.3. The fourth-order valence-electron chi connectivity index (χ4n) is 3.80. The molecule has 3 nitrogen and oxygen atoms in total. The first-order valence-electron chi connectivity index (χ1n) is 8.67. The lowest BCUT2D eigenvalue weighted by Gasteiger charge is -2.35. The molecule has 0 saturated heterocycles. The van der Waals surface area contributed by atoms with Crippen LogP contribution in [0.15, 0.2) is 65.7 Å². The van der Waals surface area contributed by atoms with Gasteiger partial charge in [-0.1, -0.05) is 60.5 Å². The predicted molar refractivity (Wildman–Crippen MR) is 99.5 cm³/mol. The molecular weight excluding hydrogens is 330 g/mol. The van der Waals surface area contributed by atoms with Gasteiger partial charge < -0.3 is 0 Å². The van der Waals surface area contributed by atoms with Crippen LogP contribution in [-0.2, 0) is 10.0 Å². The number of allylic oxidation sites excluding steroid dienone is 1. The number of benzene rings is 2. The van der Waals surface area contributed by atoms with Gasteiger partial charge in [-0.2, -0.15) is 0 Å². The SMILES string of the molecule is Cc1ccc([C@@H]2[C@H]3C[C@@]3(C)C=CN2S(=O)(=O)c2ccc(C)cc2)cc1. The molecule has 25 heavy (non-hydrogen) atoms. The molecule has 3 atom stereocenters. The Morgan fingerprint density at radius 3 is 2.12 bits per heavy atom. The van der Waals surface area contributed by atoms with E-state index in [1.54, 1.807) is 22.6 Å². The van der Waals surface area contributed by atoms with E-state index in [1.165, 1.54) is 5.56 Å². The van der Waals surface area contributed by atoms with Crippen molar-refractivity contribution >= 4 is 10.0 Å². The third kappa shape index (κ3) is 2.69. The highest BCUT2D eigenvalue weighted by Gasteiger charge is 2.57. The predicted octanol–water partition coefficient (Wildman–Crippen LogP) is 4.59. The van der Waals surface area contributed by atoms with Gasteiger partial charge in [-0.15, -0.1) is 0 Å². The van der Waals surface area contributed by atoms with Gasteiger partial charge in [0.2, 0.25) is 0 Å². The van der Waals surface area contributed by atoms with E-state index in [2.05, 4.69) is 37.3 Å². The highest BCUT2D eigenvalue weighted by atomic mass is 32.2. The average Bonchev–Trinajstić information content (AvgIpc) is 3.27. The Balaban J connectivity index is 1.79. The number of fused-ring (bicyclic) bond motifs is 1. The van der Waals surface area contributed by atoms with Gasteiger partial charge in [-0.05, 0) is 49.3 Å². The van der Waals surface area contributed by atoms with Crippen LogP contribution < -0.4 is 0 Å². The first-order chi connectivity index (χ1) is 11.8. The Morgan fingerprint density at radius 1 is 0.960 bits per heavy atom. The summed E-state index contributed by atoms with van der Waals surface area (Å²) in [4.78, 5) is 0.351. The molecular formula is C21H23NO2S. The molecule has 2 aromatic carbocycles. The molecule has 1 aliphatic carbocycles. The smallest absolute Gasteiger partial charge is 0.264 e. The first kappa shape index (κ1) is 16.4. The Kier molecular flexibility index (Phi) is 3.58. The van der Waals surface area contributed by atoms with Crippen molar-refractivity contribution < 1.29 is 8.42 Å². The highest BCUT2D eigenvalue weighted by molar-refractivity contribution is 7.89. The number of aryl methyl sites for hydroxylation is 2. The second-order valence-corrected chi connectivity index (χ2v) is 9.48. The Hall–Kier alpha value is -2.07. The Bertz CT molecular complexity index is 929. The molecule has 0 spiro atoms. The van der Waals surface area contributed by atoms with Crippen molar-refractivity contribution in [3.8, 4) is 0 Å². The van der Waals surface area contributed by atoms with Crippen molar-refractivity contribution in [3.63, 3.8) is 0 Å². The molecule has 1 fully saturated rings. The summed E-state index contributed by atoms with van der Waals surface area (Å²) in [6, 6.07) is 15.2. The van der Waals surface area contributed by atoms with E-state index in [0.717, 1.165) is 17.5 Å². The van der Waals surface area contributed by atoms with Crippen molar-refractivity contribution in [1.82, 2.24) is 4.31 Å². The lowest BCUT2D eigenvalue weighted by molar-refractivity contribution is 0.323. The van der Waals surface area contributed by atoms with Crippen LogP contribution in [0.4, 0.5) is 0 Å². The normalized spacial score (nSPS) is 27.9. The molecule has 0 amide bonds. The van der Waals surface area contributed by atoms with E-state index in [0.29, 0.717) is 10.8 Å². The molecule has 0 bridgehead atoms. The van der Waals surface area contributed by atoms with Crippen LogP contribution in [0.2, 0.25) is 0 Å². The number of hydrogen-bond acceptors (Lipinski definition) is 2. The maximum absolute atomic E-state index is 13.3. The van der Waals surface area contributed by atoms with Crippen LogP contribution in [0.1, 0.15) is 36.1 Å². The van der Waals surface area contributed by atoms with Crippen LogP contribution in [0, 0.1) is 25.2 Å². The lowest BCUT2D eigenvalue weighted by atomic mass is 9.93. The zero-order valence-electron chi connectivity index (χ0n) is 14.8. The fourth-order valence-corrected chi connectivity index (χ4v) is 5.31. The molecule has 1 aliphatic heterocycles. The van der Waals surface area contributed by atoms with Crippen LogP contribution in [0.25, 0.3) is 0 Å². The summed E-state index contributed by atoms with van der Waals surface area (Å²) in [5, 5.41) is 0. The van der Waals surface area contributed by atoms with Crippen LogP contribution in [0.3, 0.4) is 0 Å². The Labute approximate surface area is 150 Å². The van der Waals surface area contributed by atoms with Gasteiger partial charge in [0.15, 0.2) is 0 Å². The fraction of sp³-hybridized carbons (Fsp3) is 0.333. The third-order valence-electron chi connectivity index (χ3n) is 5.62. The van der Waals surface area contributed by atoms with Crippen molar-refractivity contribution in [1.29, 1.82) is 0 Å². The molecule has 2 aliphatic rings. The second kappa shape index (κ2) is 5.46. The third-order valence-corrected chi connectivity index (χ3v) is 7.39. The van der Waals surface area contributed by atoms with Gasteiger partial charge in [-0.3, -0.25) is 4.31 Å². The molecule has 0 unspecified atom stereocenters. The van der Waals surface area contributed by atoms with Gasteiger partial charge in [0, 0.05) is 6.20 Å². The van der Waals surface area contributed by atoms with Crippen LogP contribution >= 0.6 is 0 Å². The van der Waals surface area contributed by atoms with E-state index < -0.39 is 10.0 Å². The standard InChI is InChI=1S/C21H23NO2S/c1-15-4-8-17(9-5-15)20-19-14-21(19,3)12-13-22(20)25(23,24)18-10-6-16(2)7-11-18/h4-13,19-20H,14H2,1-3H3/t19-,20-,21-/m1/s1. The summed E-state index contributed by atoms with van der Waals surface area (Å²) in [5.41, 5.74) is 3.42. The zero-order valence-corrected chi connectivity index (χ0v) is 15.6. The summed E-state index contributed by atoms with van der Waals surface area (Å²) in [6.07, 6.45) is 4.87. The minimum Gasteiger partial charge on any atom is -0.266 e. The summed E-state index contributed by atoms with van der Waals surface area (Å²) < 4.78 is 28.2. The summed E-state index contributed by atoms with van der Waals surface area (Å²) in [7, 11) is -3.57. The topological polar surface area (TPSA) is 37.4 Å². The van der Waals surface area contributed by atoms with E-state index in [9.17, 15) is 8.42 Å². The van der Waals surface area contributed by atoms with E-state index in [4.69, 9.17) is 0 Å². The van der Waals surface area contributed by atoms with E-state index >= 15 is 0 Å².